The first-order chi connectivity index (χ1) is 10.8. The number of amides is 2. The van der Waals surface area contributed by atoms with E-state index >= 15 is 0 Å². The van der Waals surface area contributed by atoms with E-state index in [0.29, 0.717) is 16.8 Å². The molecule has 23 heavy (non-hydrogen) atoms. The Morgan fingerprint density at radius 1 is 1.04 bits per heavy atom. The van der Waals surface area contributed by atoms with Gasteiger partial charge in [0.15, 0.2) is 0 Å². The van der Waals surface area contributed by atoms with Crippen molar-refractivity contribution in [2.75, 3.05) is 5.32 Å². The van der Waals surface area contributed by atoms with Crippen LogP contribution >= 0.6 is 0 Å². The maximum Gasteiger partial charge on any atom is 0.252 e. The van der Waals surface area contributed by atoms with E-state index in [0.717, 1.165) is 16.3 Å². The van der Waals surface area contributed by atoms with Crippen LogP contribution in [0.4, 0.5) is 5.69 Å². The Balaban J connectivity index is 2.23. The van der Waals surface area contributed by atoms with E-state index in [9.17, 15) is 9.59 Å². The molecule has 0 aliphatic rings. The summed E-state index contributed by atoms with van der Waals surface area (Å²) >= 11 is 0. The molecule has 5 nitrogen and oxygen atoms in total. The Morgan fingerprint density at radius 3 is 2.39 bits per heavy atom. The van der Waals surface area contributed by atoms with Gasteiger partial charge in [-0.15, -0.1) is 0 Å². The molecule has 0 aliphatic carbocycles. The molecule has 5 heteroatoms. The zero-order chi connectivity index (χ0) is 16.8. The fourth-order valence-corrected chi connectivity index (χ4v) is 2.59. The van der Waals surface area contributed by atoms with Gasteiger partial charge in [-0.1, -0.05) is 45.0 Å². The molecule has 0 saturated heterocycles. The van der Waals surface area contributed by atoms with E-state index in [1.807, 2.05) is 51.1 Å². The number of para-hydroxylation sites is 1. The number of hydrogen-bond acceptors (Lipinski definition) is 2. The number of hydrogen-bond donors (Lipinski definition) is 3. The summed E-state index contributed by atoms with van der Waals surface area (Å²) < 4.78 is 0. The number of nitrogens with one attached hydrogen (secondary N) is 2. The molecule has 1 heterocycles. The van der Waals surface area contributed by atoms with Gasteiger partial charge in [0.05, 0.1) is 16.8 Å². The molecule has 118 valence electrons. The highest BCUT2D eigenvalue weighted by Crippen LogP contribution is 2.32. The lowest BCUT2D eigenvalue weighted by Gasteiger charge is -2.19. The standard InChI is InChI=1S/C18H19N3O2/c1-18(2,3)17(23)21-13-9-8-11-10-6-4-5-7-12(10)20-15(11)14(13)16(19)22/h4-9,20H,1-3H3,(H2,19,22)(H,21,23). The largest absolute Gasteiger partial charge is 0.365 e. The first-order valence-electron chi connectivity index (χ1n) is 7.43. The van der Waals surface area contributed by atoms with Crippen molar-refractivity contribution in [2.24, 2.45) is 11.1 Å². The molecule has 0 unspecified atom stereocenters. The molecule has 0 radical (unpaired) electrons. The van der Waals surface area contributed by atoms with Crippen LogP contribution in [0.5, 0.6) is 0 Å². The van der Waals surface area contributed by atoms with Gasteiger partial charge in [0.1, 0.15) is 0 Å². The van der Waals surface area contributed by atoms with Crippen molar-refractivity contribution < 1.29 is 9.59 Å². The third kappa shape index (κ3) is 2.54. The van der Waals surface area contributed by atoms with E-state index in [1.165, 1.54) is 0 Å². The van der Waals surface area contributed by atoms with Crippen molar-refractivity contribution >= 4 is 39.3 Å². The smallest absolute Gasteiger partial charge is 0.252 e. The highest BCUT2D eigenvalue weighted by Gasteiger charge is 2.24. The average molecular weight is 309 g/mol. The topological polar surface area (TPSA) is 88.0 Å². The molecule has 2 aromatic carbocycles. The maximum atomic E-state index is 12.2. The lowest BCUT2D eigenvalue weighted by atomic mass is 9.95. The Bertz CT molecular complexity index is 932. The second kappa shape index (κ2) is 5.12. The highest BCUT2D eigenvalue weighted by atomic mass is 16.2. The van der Waals surface area contributed by atoms with E-state index in [-0.39, 0.29) is 5.91 Å². The summed E-state index contributed by atoms with van der Waals surface area (Å²) in [5.74, 6) is -0.748. The molecule has 0 spiro atoms. The number of aromatic nitrogens is 1. The number of H-pyrrole nitrogens is 1. The van der Waals surface area contributed by atoms with Gasteiger partial charge in [0, 0.05) is 21.7 Å². The van der Waals surface area contributed by atoms with Gasteiger partial charge in [0.2, 0.25) is 5.91 Å². The molecule has 0 atom stereocenters. The first kappa shape index (κ1) is 15.1. The van der Waals surface area contributed by atoms with Crippen LogP contribution < -0.4 is 11.1 Å². The summed E-state index contributed by atoms with van der Waals surface area (Å²) in [4.78, 5) is 27.5. The van der Waals surface area contributed by atoms with Crippen LogP contribution in [0.25, 0.3) is 21.8 Å². The number of carbonyl (C=O) groups is 2. The second-order valence-electron chi connectivity index (χ2n) is 6.65. The quantitative estimate of drug-likeness (QED) is 0.677. The van der Waals surface area contributed by atoms with Gasteiger partial charge in [0.25, 0.3) is 5.91 Å². The number of primary amides is 1. The summed E-state index contributed by atoms with van der Waals surface area (Å²) in [5.41, 5.74) is 7.31. The van der Waals surface area contributed by atoms with Crippen molar-refractivity contribution in [1.82, 2.24) is 4.98 Å². The van der Waals surface area contributed by atoms with Gasteiger partial charge in [-0.3, -0.25) is 9.59 Å². The average Bonchev–Trinajstić information content (AvgIpc) is 2.83. The third-order valence-electron chi connectivity index (χ3n) is 3.86. The summed E-state index contributed by atoms with van der Waals surface area (Å²) in [5, 5.41) is 4.73. The molecule has 1 aromatic heterocycles. The molecular weight excluding hydrogens is 290 g/mol. The highest BCUT2D eigenvalue weighted by molar-refractivity contribution is 6.18. The molecule has 3 aromatic rings. The van der Waals surface area contributed by atoms with Crippen molar-refractivity contribution in [3.63, 3.8) is 0 Å². The summed E-state index contributed by atoms with van der Waals surface area (Å²) in [6.45, 7) is 5.44. The number of anilines is 1. The monoisotopic (exact) mass is 309 g/mol. The van der Waals surface area contributed by atoms with Crippen LogP contribution in [0.2, 0.25) is 0 Å². The fourth-order valence-electron chi connectivity index (χ4n) is 2.59. The number of carbonyl (C=O) groups excluding carboxylic acids is 2. The van der Waals surface area contributed by atoms with Crippen LogP contribution in [-0.2, 0) is 4.79 Å². The van der Waals surface area contributed by atoms with Gasteiger partial charge in [-0.25, -0.2) is 0 Å². The minimum atomic E-state index is -0.577. The van der Waals surface area contributed by atoms with E-state index in [4.69, 9.17) is 5.73 Å². The predicted molar refractivity (Wildman–Crippen MR) is 92.4 cm³/mol. The lowest BCUT2D eigenvalue weighted by Crippen LogP contribution is -2.29. The number of benzene rings is 2. The van der Waals surface area contributed by atoms with Gasteiger partial charge >= 0.3 is 0 Å². The van der Waals surface area contributed by atoms with Crippen molar-refractivity contribution in [3.8, 4) is 0 Å². The van der Waals surface area contributed by atoms with Crippen LogP contribution in [0.3, 0.4) is 0 Å². The Morgan fingerprint density at radius 2 is 1.74 bits per heavy atom. The molecular formula is C18H19N3O2. The lowest BCUT2D eigenvalue weighted by molar-refractivity contribution is -0.123. The molecule has 0 saturated carbocycles. The molecule has 0 aliphatic heterocycles. The fraction of sp³-hybridized carbons (Fsp3) is 0.222. The molecule has 4 N–H and O–H groups in total. The Hall–Kier alpha value is -2.82. The number of aromatic amines is 1. The second-order valence-corrected chi connectivity index (χ2v) is 6.65. The van der Waals surface area contributed by atoms with Crippen molar-refractivity contribution in [2.45, 2.75) is 20.8 Å². The molecule has 0 bridgehead atoms. The van der Waals surface area contributed by atoms with Crippen LogP contribution in [-0.4, -0.2) is 16.8 Å². The van der Waals surface area contributed by atoms with E-state index in [2.05, 4.69) is 10.3 Å². The number of rotatable bonds is 2. The third-order valence-corrected chi connectivity index (χ3v) is 3.86. The van der Waals surface area contributed by atoms with Crippen molar-refractivity contribution in [1.29, 1.82) is 0 Å². The maximum absolute atomic E-state index is 12.2. The van der Waals surface area contributed by atoms with Crippen molar-refractivity contribution in [3.05, 3.63) is 42.0 Å². The SMILES string of the molecule is CC(C)(C)C(=O)Nc1ccc2c([nH]c3ccccc32)c1C(N)=O. The minimum absolute atomic E-state index is 0.171. The van der Waals surface area contributed by atoms with Crippen LogP contribution in [0.15, 0.2) is 36.4 Å². The van der Waals surface area contributed by atoms with Crippen LogP contribution in [0.1, 0.15) is 31.1 Å². The van der Waals surface area contributed by atoms with Gasteiger partial charge in [-0.2, -0.15) is 0 Å². The first-order valence-corrected chi connectivity index (χ1v) is 7.43. The molecule has 3 rings (SSSR count). The minimum Gasteiger partial charge on any atom is -0.365 e. The summed E-state index contributed by atoms with van der Waals surface area (Å²) in [6, 6.07) is 11.4. The van der Waals surface area contributed by atoms with Gasteiger partial charge < -0.3 is 16.0 Å². The normalized spacial score (nSPS) is 11.8. The molecule has 2 amide bonds. The Labute approximate surface area is 133 Å². The zero-order valence-electron chi connectivity index (χ0n) is 13.4. The number of nitrogens with two attached hydrogens (primary N) is 1. The Kier molecular flexibility index (Phi) is 3.36. The predicted octanol–water partition coefficient (Wildman–Crippen LogP) is 3.40. The summed E-state index contributed by atoms with van der Waals surface area (Å²) in [7, 11) is 0. The van der Waals surface area contributed by atoms with Crippen LogP contribution in [0, 0.1) is 5.41 Å². The number of fused-ring (bicyclic) bond motifs is 3. The van der Waals surface area contributed by atoms with E-state index < -0.39 is 11.3 Å². The zero-order valence-corrected chi connectivity index (χ0v) is 13.4. The van der Waals surface area contributed by atoms with Gasteiger partial charge in [-0.05, 0) is 12.1 Å². The molecule has 0 fully saturated rings. The van der Waals surface area contributed by atoms with E-state index in [1.54, 1.807) is 6.07 Å². The summed E-state index contributed by atoms with van der Waals surface area (Å²) in [6.07, 6.45) is 0.